The van der Waals surface area contributed by atoms with E-state index >= 15 is 0 Å². The molecule has 1 aliphatic heterocycles. The van der Waals surface area contributed by atoms with Crippen molar-refractivity contribution in [1.29, 1.82) is 0 Å². The van der Waals surface area contributed by atoms with Crippen LogP contribution in [0.25, 0.3) is 17.1 Å². The van der Waals surface area contributed by atoms with E-state index < -0.39 is 21.8 Å². The summed E-state index contributed by atoms with van der Waals surface area (Å²) in [6.07, 6.45) is 1.95. The van der Waals surface area contributed by atoms with Gasteiger partial charge >= 0.3 is 0 Å². The van der Waals surface area contributed by atoms with Crippen molar-refractivity contribution in [2.24, 2.45) is 0 Å². The molecule has 1 amide bonds. The predicted molar refractivity (Wildman–Crippen MR) is 101 cm³/mol. The van der Waals surface area contributed by atoms with Gasteiger partial charge in [-0.3, -0.25) is 4.79 Å². The van der Waals surface area contributed by atoms with Crippen LogP contribution in [0.4, 0.5) is 0 Å². The summed E-state index contributed by atoms with van der Waals surface area (Å²) in [7, 11) is -3.08. The number of carbonyl (C=O) groups is 1. The van der Waals surface area contributed by atoms with Crippen molar-refractivity contribution >= 4 is 27.3 Å². The van der Waals surface area contributed by atoms with Crippen molar-refractivity contribution in [3.63, 3.8) is 0 Å². The highest BCUT2D eigenvalue weighted by atomic mass is 35.5. The Balaban J connectivity index is 1.68. The number of nitrogens with zero attached hydrogens (tertiary/aromatic N) is 2. The van der Waals surface area contributed by atoms with Crippen LogP contribution in [0.2, 0.25) is 5.02 Å². The lowest BCUT2D eigenvalue weighted by molar-refractivity contribution is 0.0935. The largest absolute Gasteiger partial charge is 0.463 e. The fraction of sp³-hybridized carbons (Fsp3) is 0.222. The number of amides is 1. The van der Waals surface area contributed by atoms with E-state index in [1.807, 2.05) is 6.07 Å². The number of furan rings is 1. The van der Waals surface area contributed by atoms with E-state index in [1.165, 1.54) is 6.26 Å². The summed E-state index contributed by atoms with van der Waals surface area (Å²) in [4.78, 5) is 12.6. The van der Waals surface area contributed by atoms with Crippen LogP contribution in [0.5, 0.6) is 0 Å². The zero-order chi connectivity index (χ0) is 19.0. The van der Waals surface area contributed by atoms with Crippen molar-refractivity contribution in [2.75, 3.05) is 11.5 Å². The molecule has 1 aliphatic rings. The van der Waals surface area contributed by atoms with Crippen LogP contribution in [0.3, 0.4) is 0 Å². The first-order valence-corrected chi connectivity index (χ1v) is 10.5. The van der Waals surface area contributed by atoms with Gasteiger partial charge in [-0.1, -0.05) is 17.7 Å². The third-order valence-corrected chi connectivity index (χ3v) is 6.34. The SMILES string of the molecule is O=C(N[C@H]1CCS(=O)(=O)C1)c1cc(-c2ccco2)n(-c2cccc(Cl)c2)n1. The molecule has 2 aromatic heterocycles. The van der Waals surface area contributed by atoms with Crippen LogP contribution in [-0.4, -0.2) is 41.7 Å². The van der Waals surface area contributed by atoms with Gasteiger partial charge in [-0.2, -0.15) is 5.10 Å². The molecule has 140 valence electrons. The van der Waals surface area contributed by atoms with Crippen LogP contribution < -0.4 is 5.32 Å². The van der Waals surface area contributed by atoms with Crippen LogP contribution in [0.15, 0.2) is 53.1 Å². The number of sulfone groups is 1. The summed E-state index contributed by atoms with van der Waals surface area (Å²) in [6, 6.07) is 11.8. The second-order valence-corrected chi connectivity index (χ2v) is 9.02. The van der Waals surface area contributed by atoms with Gasteiger partial charge in [0.2, 0.25) is 0 Å². The maximum absolute atomic E-state index is 12.6. The Morgan fingerprint density at radius 1 is 1.26 bits per heavy atom. The average molecular weight is 406 g/mol. The molecule has 1 N–H and O–H groups in total. The molecule has 0 radical (unpaired) electrons. The highest BCUT2D eigenvalue weighted by Gasteiger charge is 2.30. The Hall–Kier alpha value is -2.58. The summed E-state index contributed by atoms with van der Waals surface area (Å²) in [6.45, 7) is 0. The highest BCUT2D eigenvalue weighted by molar-refractivity contribution is 7.91. The molecule has 0 spiro atoms. The third-order valence-electron chi connectivity index (χ3n) is 4.34. The van der Waals surface area contributed by atoms with Gasteiger partial charge in [-0.15, -0.1) is 0 Å². The van der Waals surface area contributed by atoms with Crippen LogP contribution in [0.1, 0.15) is 16.9 Å². The van der Waals surface area contributed by atoms with Gasteiger partial charge in [0.05, 0.1) is 23.5 Å². The van der Waals surface area contributed by atoms with Crippen molar-refractivity contribution < 1.29 is 17.6 Å². The van der Waals surface area contributed by atoms with Crippen LogP contribution in [0, 0.1) is 0 Å². The van der Waals surface area contributed by atoms with Gasteiger partial charge in [0.1, 0.15) is 5.69 Å². The molecular weight excluding hydrogens is 390 g/mol. The Morgan fingerprint density at radius 2 is 2.11 bits per heavy atom. The standard InChI is InChI=1S/C18H16ClN3O4S/c19-12-3-1-4-14(9-12)22-16(17-5-2-7-26-17)10-15(21-22)18(23)20-13-6-8-27(24,25)11-13/h1-5,7,9-10,13H,6,8,11H2,(H,20,23)/t13-/m0/s1. The number of aromatic nitrogens is 2. The van der Waals surface area contributed by atoms with Gasteiger partial charge in [0, 0.05) is 17.1 Å². The number of rotatable bonds is 4. The van der Waals surface area contributed by atoms with Gasteiger partial charge in [0.25, 0.3) is 5.91 Å². The maximum Gasteiger partial charge on any atom is 0.272 e. The Labute approximate surface area is 160 Å². The van der Waals surface area contributed by atoms with E-state index in [0.717, 1.165) is 0 Å². The predicted octanol–water partition coefficient (Wildman–Crippen LogP) is 2.70. The molecule has 0 aliphatic carbocycles. The van der Waals surface area contributed by atoms with Gasteiger partial charge < -0.3 is 9.73 Å². The number of benzene rings is 1. The fourth-order valence-corrected chi connectivity index (χ4v) is 4.92. The smallest absolute Gasteiger partial charge is 0.272 e. The van der Waals surface area contributed by atoms with Crippen LogP contribution in [-0.2, 0) is 9.84 Å². The molecule has 1 fully saturated rings. The van der Waals surface area contributed by atoms with Crippen molar-refractivity contribution in [3.8, 4) is 17.1 Å². The quantitative estimate of drug-likeness (QED) is 0.720. The molecule has 0 saturated carbocycles. The molecule has 7 nitrogen and oxygen atoms in total. The van der Waals surface area contributed by atoms with E-state index in [0.29, 0.717) is 28.6 Å². The molecule has 0 unspecified atom stereocenters. The average Bonchev–Trinajstić information content (AvgIpc) is 3.33. The molecular formula is C18H16ClN3O4S. The lowest BCUT2D eigenvalue weighted by atomic mass is 10.2. The normalized spacial score (nSPS) is 18.5. The minimum atomic E-state index is -3.08. The zero-order valence-corrected chi connectivity index (χ0v) is 15.7. The van der Waals surface area contributed by atoms with E-state index in [1.54, 1.807) is 41.1 Å². The lowest BCUT2D eigenvalue weighted by Crippen LogP contribution is -2.35. The second kappa shape index (κ2) is 6.86. The Morgan fingerprint density at radius 3 is 2.78 bits per heavy atom. The van der Waals surface area contributed by atoms with Gasteiger partial charge in [-0.05, 0) is 36.8 Å². The van der Waals surface area contributed by atoms with E-state index in [-0.39, 0.29) is 17.2 Å². The Bertz CT molecular complexity index is 1090. The van der Waals surface area contributed by atoms with Gasteiger partial charge in [-0.25, -0.2) is 13.1 Å². The van der Waals surface area contributed by atoms with Crippen molar-refractivity contribution in [2.45, 2.75) is 12.5 Å². The number of hydrogen-bond acceptors (Lipinski definition) is 5. The first-order chi connectivity index (χ1) is 12.9. The second-order valence-electron chi connectivity index (χ2n) is 6.36. The molecule has 3 aromatic rings. The fourth-order valence-electron chi connectivity index (χ4n) is 3.06. The van der Waals surface area contributed by atoms with E-state index in [9.17, 15) is 13.2 Å². The maximum atomic E-state index is 12.6. The Kier molecular flexibility index (Phi) is 4.53. The lowest BCUT2D eigenvalue weighted by Gasteiger charge is -2.09. The molecule has 3 heterocycles. The third kappa shape index (κ3) is 3.77. The summed E-state index contributed by atoms with van der Waals surface area (Å²) in [5.41, 5.74) is 1.44. The summed E-state index contributed by atoms with van der Waals surface area (Å²) in [5, 5.41) is 7.68. The number of hydrogen-bond donors (Lipinski definition) is 1. The zero-order valence-electron chi connectivity index (χ0n) is 14.1. The van der Waals surface area contributed by atoms with Crippen molar-refractivity contribution in [3.05, 3.63) is 59.4 Å². The summed E-state index contributed by atoms with van der Waals surface area (Å²) < 4.78 is 30.2. The number of carbonyl (C=O) groups excluding carboxylic acids is 1. The van der Waals surface area contributed by atoms with E-state index in [4.69, 9.17) is 16.0 Å². The molecule has 1 atom stereocenters. The first kappa shape index (κ1) is 17.8. The highest BCUT2D eigenvalue weighted by Crippen LogP contribution is 2.26. The summed E-state index contributed by atoms with van der Waals surface area (Å²) in [5.74, 6) is 0.168. The molecule has 0 bridgehead atoms. The molecule has 27 heavy (non-hydrogen) atoms. The van der Waals surface area contributed by atoms with Crippen molar-refractivity contribution in [1.82, 2.24) is 15.1 Å². The molecule has 1 saturated heterocycles. The number of halogens is 1. The van der Waals surface area contributed by atoms with Crippen LogP contribution >= 0.6 is 11.6 Å². The molecule has 1 aromatic carbocycles. The first-order valence-electron chi connectivity index (χ1n) is 8.32. The topological polar surface area (TPSA) is 94.2 Å². The summed E-state index contributed by atoms with van der Waals surface area (Å²) >= 11 is 6.08. The minimum Gasteiger partial charge on any atom is -0.463 e. The molecule has 9 heteroatoms. The van der Waals surface area contributed by atoms with E-state index in [2.05, 4.69) is 10.4 Å². The number of nitrogens with one attached hydrogen (secondary N) is 1. The molecule has 4 rings (SSSR count). The monoisotopic (exact) mass is 405 g/mol. The van der Waals surface area contributed by atoms with Gasteiger partial charge in [0.15, 0.2) is 21.3 Å². The minimum absolute atomic E-state index is 0.0429.